The number of nitrogens with one attached hydrogen (secondary N) is 1. The van der Waals surface area contributed by atoms with Gasteiger partial charge in [-0.05, 0) is 105 Å². The van der Waals surface area contributed by atoms with Gasteiger partial charge in [-0.2, -0.15) is 0 Å². The highest BCUT2D eigenvalue weighted by Gasteiger charge is 2.72. The van der Waals surface area contributed by atoms with Gasteiger partial charge in [0.2, 0.25) is 10.0 Å². The third-order valence-electron chi connectivity index (χ3n) is 9.75. The molecular formula is C28H33ClN2O4S. The Labute approximate surface area is 218 Å². The van der Waals surface area contributed by atoms with E-state index in [1.54, 1.807) is 31.4 Å². The maximum absolute atomic E-state index is 13.5. The number of methoxy groups -OCH3 is 1. The molecule has 0 amide bonds. The molecule has 2 saturated carbocycles. The van der Waals surface area contributed by atoms with Crippen molar-refractivity contribution >= 4 is 21.6 Å². The molecule has 4 bridgehead atoms. The van der Waals surface area contributed by atoms with Crippen molar-refractivity contribution in [2.24, 2.45) is 5.92 Å². The van der Waals surface area contributed by atoms with Gasteiger partial charge in [-0.25, -0.2) is 13.1 Å². The van der Waals surface area contributed by atoms with E-state index in [1.807, 2.05) is 0 Å². The molecule has 1 unspecified atom stereocenters. The summed E-state index contributed by atoms with van der Waals surface area (Å²) < 4.78 is 42.8. The minimum absolute atomic E-state index is 0.237. The zero-order chi connectivity index (χ0) is 24.8. The molecule has 0 radical (unpaired) electrons. The Morgan fingerprint density at radius 3 is 2.64 bits per heavy atom. The summed E-state index contributed by atoms with van der Waals surface area (Å²) in [6.45, 7) is 2.60. The Hall–Kier alpha value is -1.64. The number of nitrogens with zero attached hydrogens (tertiary/aromatic N) is 1. The highest BCUT2D eigenvalue weighted by Crippen LogP contribution is 2.65. The van der Waals surface area contributed by atoms with Crippen LogP contribution in [0.15, 0.2) is 47.4 Å². The number of ether oxygens (including phenoxy) is 2. The number of benzene rings is 2. The second kappa shape index (κ2) is 7.93. The topological polar surface area (TPSA) is 67.9 Å². The van der Waals surface area contributed by atoms with Crippen LogP contribution in [0.4, 0.5) is 0 Å². The minimum Gasteiger partial charge on any atom is -0.497 e. The van der Waals surface area contributed by atoms with Gasteiger partial charge < -0.3 is 9.47 Å². The molecule has 4 atom stereocenters. The van der Waals surface area contributed by atoms with E-state index in [2.05, 4.69) is 27.8 Å². The van der Waals surface area contributed by atoms with Crippen LogP contribution in [0.5, 0.6) is 5.75 Å². The van der Waals surface area contributed by atoms with Gasteiger partial charge in [-0.3, -0.25) is 4.90 Å². The largest absolute Gasteiger partial charge is 0.497 e. The second-order valence-corrected chi connectivity index (χ2v) is 13.8. The first kappa shape index (κ1) is 23.5. The molecule has 1 N–H and O–H groups in total. The van der Waals surface area contributed by atoms with Crippen molar-refractivity contribution in [3.63, 3.8) is 0 Å². The van der Waals surface area contributed by atoms with E-state index in [9.17, 15) is 8.42 Å². The molecule has 5 fully saturated rings. The molecule has 3 saturated heterocycles. The Kier molecular flexibility index (Phi) is 5.17. The molecule has 0 aromatic heterocycles. The van der Waals surface area contributed by atoms with Crippen LogP contribution in [0.25, 0.3) is 0 Å². The monoisotopic (exact) mass is 528 g/mol. The van der Waals surface area contributed by atoms with E-state index in [0.717, 1.165) is 56.9 Å². The summed E-state index contributed by atoms with van der Waals surface area (Å²) in [7, 11) is -2.01. The lowest BCUT2D eigenvalue weighted by Crippen LogP contribution is -2.81. The zero-order valence-electron chi connectivity index (χ0n) is 20.6. The highest BCUT2D eigenvalue weighted by molar-refractivity contribution is 7.89. The molecule has 192 valence electrons. The predicted molar refractivity (Wildman–Crippen MR) is 138 cm³/mol. The van der Waals surface area contributed by atoms with Gasteiger partial charge in [0.15, 0.2) is 0 Å². The lowest BCUT2D eigenvalue weighted by atomic mass is 9.45. The SMILES string of the molecule is COc1ccc2c(c1)[C@@]13CCN(CC4CC4)[C@@H](C2)[C@]12CCC(NS(=O)(=O)c1ccc(Cl)cc1)(CO2)C3. The maximum Gasteiger partial charge on any atom is 0.241 e. The van der Waals surface area contributed by atoms with Gasteiger partial charge in [-0.1, -0.05) is 17.7 Å². The van der Waals surface area contributed by atoms with E-state index in [0.29, 0.717) is 17.7 Å². The van der Waals surface area contributed by atoms with Crippen LogP contribution < -0.4 is 9.46 Å². The fraction of sp³-hybridized carbons (Fsp3) is 0.571. The summed E-state index contributed by atoms with van der Waals surface area (Å²) in [5.74, 6) is 1.68. The first-order valence-corrected chi connectivity index (χ1v) is 15.0. The zero-order valence-corrected chi connectivity index (χ0v) is 22.2. The van der Waals surface area contributed by atoms with E-state index in [-0.39, 0.29) is 15.9 Å². The molecule has 1 spiro atoms. The first-order valence-electron chi connectivity index (χ1n) is 13.1. The fourth-order valence-electron chi connectivity index (χ4n) is 7.94. The molecule has 2 aromatic rings. The van der Waals surface area contributed by atoms with Gasteiger partial charge in [0, 0.05) is 23.0 Å². The predicted octanol–water partition coefficient (Wildman–Crippen LogP) is 4.30. The van der Waals surface area contributed by atoms with Gasteiger partial charge >= 0.3 is 0 Å². The smallest absolute Gasteiger partial charge is 0.241 e. The number of sulfonamides is 1. The summed E-state index contributed by atoms with van der Waals surface area (Å²) in [4.78, 5) is 2.95. The summed E-state index contributed by atoms with van der Waals surface area (Å²) in [6.07, 6.45) is 7.03. The number of rotatable bonds is 6. The van der Waals surface area contributed by atoms with Crippen molar-refractivity contribution in [2.45, 2.75) is 72.4 Å². The van der Waals surface area contributed by atoms with Crippen LogP contribution >= 0.6 is 11.6 Å². The van der Waals surface area contributed by atoms with Gasteiger partial charge in [0.25, 0.3) is 0 Å². The lowest BCUT2D eigenvalue weighted by molar-refractivity contribution is -0.260. The van der Waals surface area contributed by atoms with Crippen LogP contribution in [0.1, 0.15) is 49.7 Å². The summed E-state index contributed by atoms with van der Waals surface area (Å²) >= 11 is 6.02. The first-order chi connectivity index (χ1) is 17.3. The molecule has 3 aliphatic heterocycles. The average Bonchev–Trinajstić information content (AvgIpc) is 3.69. The standard InChI is InChI=1S/C28H33ClN2O4S/c1-34-22-7-4-20-14-25-28-11-10-26(18-35-28,30-36(32,33)23-8-5-21(29)6-9-23)17-27(28,24(20)15-22)12-13-31(25)16-19-2-3-19/h4-9,15,19,25,30H,2-3,10-14,16-18H2,1H3/t25-,26?,27-,28+/m0/s1. The second-order valence-electron chi connectivity index (χ2n) is 11.7. The summed E-state index contributed by atoms with van der Waals surface area (Å²) in [5.41, 5.74) is 1.50. The Morgan fingerprint density at radius 1 is 1.14 bits per heavy atom. The summed E-state index contributed by atoms with van der Waals surface area (Å²) in [5, 5.41) is 0.520. The Bertz CT molecular complexity index is 1300. The molecular weight excluding hydrogens is 496 g/mol. The highest BCUT2D eigenvalue weighted by atomic mass is 35.5. The molecule has 8 heteroatoms. The average molecular weight is 529 g/mol. The fourth-order valence-corrected chi connectivity index (χ4v) is 9.48. The molecule has 2 aromatic carbocycles. The van der Waals surface area contributed by atoms with Crippen molar-refractivity contribution in [2.75, 3.05) is 26.8 Å². The summed E-state index contributed by atoms with van der Waals surface area (Å²) in [6, 6.07) is 13.2. The van der Waals surface area contributed by atoms with Gasteiger partial charge in [0.1, 0.15) is 5.75 Å². The molecule has 3 heterocycles. The molecule has 6 nitrogen and oxygen atoms in total. The molecule has 3 aliphatic carbocycles. The molecule has 6 aliphatic rings. The molecule has 8 rings (SSSR count). The minimum atomic E-state index is -3.73. The number of hydrogen-bond acceptors (Lipinski definition) is 5. The molecule has 36 heavy (non-hydrogen) atoms. The maximum atomic E-state index is 13.5. The van der Waals surface area contributed by atoms with E-state index in [1.165, 1.54) is 24.0 Å². The van der Waals surface area contributed by atoms with Gasteiger partial charge in [0.05, 0.1) is 29.8 Å². The van der Waals surface area contributed by atoms with E-state index >= 15 is 0 Å². The van der Waals surface area contributed by atoms with Crippen LogP contribution in [-0.2, 0) is 26.6 Å². The van der Waals surface area contributed by atoms with Crippen molar-refractivity contribution in [3.05, 3.63) is 58.6 Å². The van der Waals surface area contributed by atoms with Crippen LogP contribution in [0.2, 0.25) is 5.02 Å². The van der Waals surface area contributed by atoms with Crippen LogP contribution in [-0.4, -0.2) is 57.3 Å². The number of halogens is 1. The van der Waals surface area contributed by atoms with Crippen molar-refractivity contribution < 1.29 is 17.9 Å². The van der Waals surface area contributed by atoms with Crippen molar-refractivity contribution in [3.8, 4) is 5.75 Å². The van der Waals surface area contributed by atoms with Crippen molar-refractivity contribution in [1.29, 1.82) is 0 Å². The third-order valence-corrected chi connectivity index (χ3v) is 11.6. The van der Waals surface area contributed by atoms with E-state index < -0.39 is 15.6 Å². The number of fused-ring (bicyclic) bond motifs is 3. The van der Waals surface area contributed by atoms with Gasteiger partial charge in [-0.15, -0.1) is 0 Å². The number of piperidine rings is 1. The van der Waals surface area contributed by atoms with Crippen LogP contribution in [0, 0.1) is 5.92 Å². The van der Waals surface area contributed by atoms with Crippen molar-refractivity contribution in [1.82, 2.24) is 9.62 Å². The third kappa shape index (κ3) is 3.36. The van der Waals surface area contributed by atoms with Crippen LogP contribution in [0.3, 0.4) is 0 Å². The Morgan fingerprint density at radius 2 is 1.94 bits per heavy atom. The Balaban J connectivity index is 1.30. The normalized spacial score (nSPS) is 35.2. The number of hydrogen-bond donors (Lipinski definition) is 1. The van der Waals surface area contributed by atoms with E-state index in [4.69, 9.17) is 21.1 Å². The quantitative estimate of drug-likeness (QED) is 0.605. The number of likely N-dealkylation sites (tertiary alicyclic amines) is 1. The lowest BCUT2D eigenvalue weighted by Gasteiger charge is -2.71.